The lowest BCUT2D eigenvalue weighted by Gasteiger charge is -2.08. The SMILES string of the molecule is COc1ccc(/C=N\NC(=O)CNC(=O)COc2ccc(Cl)cc2)cc1OC. The van der Waals surface area contributed by atoms with Gasteiger partial charge in [-0.25, -0.2) is 5.43 Å². The number of benzene rings is 2. The quantitative estimate of drug-likeness (QED) is 0.491. The van der Waals surface area contributed by atoms with Crippen LogP contribution >= 0.6 is 11.6 Å². The zero-order valence-electron chi connectivity index (χ0n) is 15.4. The minimum atomic E-state index is -0.475. The lowest BCUT2D eigenvalue weighted by atomic mass is 10.2. The highest BCUT2D eigenvalue weighted by Gasteiger charge is 2.06. The van der Waals surface area contributed by atoms with Crippen LogP contribution in [0.5, 0.6) is 17.2 Å². The van der Waals surface area contributed by atoms with Crippen molar-refractivity contribution in [2.24, 2.45) is 5.10 Å². The van der Waals surface area contributed by atoms with Gasteiger partial charge in [0, 0.05) is 5.02 Å². The zero-order valence-corrected chi connectivity index (χ0v) is 16.2. The molecule has 0 aliphatic heterocycles. The van der Waals surface area contributed by atoms with Gasteiger partial charge in [0.25, 0.3) is 11.8 Å². The standard InChI is InChI=1S/C19H20ClN3O5/c1-26-16-8-3-13(9-17(16)27-2)10-22-23-18(24)11-21-19(25)12-28-15-6-4-14(20)5-7-15/h3-10H,11-12H2,1-2H3,(H,21,25)(H,23,24)/b22-10-. The highest BCUT2D eigenvalue weighted by atomic mass is 35.5. The summed E-state index contributed by atoms with van der Waals surface area (Å²) in [5.41, 5.74) is 3.03. The second-order valence-electron chi connectivity index (χ2n) is 5.43. The molecule has 0 saturated heterocycles. The summed E-state index contributed by atoms with van der Waals surface area (Å²) in [6.45, 7) is -0.449. The van der Waals surface area contributed by atoms with Crippen molar-refractivity contribution in [2.75, 3.05) is 27.4 Å². The summed E-state index contributed by atoms with van der Waals surface area (Å²) in [6.07, 6.45) is 1.45. The average Bonchev–Trinajstić information content (AvgIpc) is 2.71. The Hall–Kier alpha value is -3.26. The number of ether oxygens (including phenoxy) is 3. The van der Waals surface area contributed by atoms with Crippen molar-refractivity contribution < 1.29 is 23.8 Å². The van der Waals surface area contributed by atoms with Gasteiger partial charge >= 0.3 is 0 Å². The van der Waals surface area contributed by atoms with E-state index in [0.717, 1.165) is 0 Å². The molecule has 0 aromatic heterocycles. The van der Waals surface area contributed by atoms with Crippen LogP contribution in [0, 0.1) is 0 Å². The second-order valence-corrected chi connectivity index (χ2v) is 5.86. The minimum absolute atomic E-state index is 0.218. The highest BCUT2D eigenvalue weighted by Crippen LogP contribution is 2.26. The summed E-state index contributed by atoms with van der Waals surface area (Å²) in [7, 11) is 3.07. The van der Waals surface area contributed by atoms with E-state index in [-0.39, 0.29) is 13.2 Å². The number of hydrazone groups is 1. The number of hydrogen-bond acceptors (Lipinski definition) is 6. The predicted molar refractivity (Wildman–Crippen MR) is 105 cm³/mol. The van der Waals surface area contributed by atoms with Crippen LogP contribution in [0.4, 0.5) is 0 Å². The Balaban J connectivity index is 1.72. The van der Waals surface area contributed by atoms with Crippen molar-refractivity contribution in [3.05, 3.63) is 53.1 Å². The number of amides is 2. The minimum Gasteiger partial charge on any atom is -0.493 e. The Morgan fingerprint density at radius 2 is 1.75 bits per heavy atom. The number of nitrogens with zero attached hydrogens (tertiary/aromatic N) is 1. The van der Waals surface area contributed by atoms with Gasteiger partial charge in [-0.15, -0.1) is 0 Å². The van der Waals surface area contributed by atoms with Crippen LogP contribution in [0.3, 0.4) is 0 Å². The van der Waals surface area contributed by atoms with Crippen LogP contribution in [0.1, 0.15) is 5.56 Å². The smallest absolute Gasteiger partial charge is 0.259 e. The maximum Gasteiger partial charge on any atom is 0.259 e. The van der Waals surface area contributed by atoms with E-state index in [0.29, 0.717) is 27.8 Å². The molecule has 0 aliphatic rings. The molecular weight excluding hydrogens is 386 g/mol. The van der Waals surface area contributed by atoms with Gasteiger partial charge < -0.3 is 19.5 Å². The second kappa shape index (κ2) is 10.8. The number of hydrogen-bond donors (Lipinski definition) is 2. The molecule has 2 amide bonds. The first-order valence-electron chi connectivity index (χ1n) is 8.21. The van der Waals surface area contributed by atoms with Crippen LogP contribution in [0.25, 0.3) is 0 Å². The van der Waals surface area contributed by atoms with E-state index in [4.69, 9.17) is 25.8 Å². The normalized spacial score (nSPS) is 10.4. The first kappa shape index (κ1) is 21.0. The fraction of sp³-hybridized carbons (Fsp3) is 0.211. The maximum atomic E-state index is 11.7. The third-order valence-electron chi connectivity index (χ3n) is 3.44. The Morgan fingerprint density at radius 3 is 2.43 bits per heavy atom. The van der Waals surface area contributed by atoms with Crippen molar-refractivity contribution in [3.8, 4) is 17.2 Å². The molecule has 0 fully saturated rings. The van der Waals surface area contributed by atoms with E-state index in [1.54, 1.807) is 49.6 Å². The summed E-state index contributed by atoms with van der Waals surface area (Å²) in [4.78, 5) is 23.4. The average molecular weight is 406 g/mol. The molecule has 0 bridgehead atoms. The fourth-order valence-corrected chi connectivity index (χ4v) is 2.19. The van der Waals surface area contributed by atoms with E-state index in [1.807, 2.05) is 0 Å². The number of halogens is 1. The molecule has 2 aromatic rings. The molecule has 148 valence electrons. The Labute approximate surface area is 167 Å². The predicted octanol–water partition coefficient (Wildman–Crippen LogP) is 2.00. The van der Waals surface area contributed by atoms with Gasteiger partial charge in [0.15, 0.2) is 18.1 Å². The first-order valence-corrected chi connectivity index (χ1v) is 8.58. The number of carbonyl (C=O) groups excluding carboxylic acids is 2. The van der Waals surface area contributed by atoms with E-state index in [9.17, 15) is 9.59 Å². The third kappa shape index (κ3) is 6.81. The molecule has 8 nitrogen and oxygen atoms in total. The van der Waals surface area contributed by atoms with E-state index >= 15 is 0 Å². The third-order valence-corrected chi connectivity index (χ3v) is 3.69. The Bertz CT molecular complexity index is 840. The largest absolute Gasteiger partial charge is 0.493 e. The summed E-state index contributed by atoms with van der Waals surface area (Å²) in [5.74, 6) is 0.729. The molecule has 28 heavy (non-hydrogen) atoms. The molecule has 0 radical (unpaired) electrons. The number of rotatable bonds is 9. The summed E-state index contributed by atoms with van der Waals surface area (Å²) >= 11 is 5.77. The molecule has 0 spiro atoms. The highest BCUT2D eigenvalue weighted by molar-refractivity contribution is 6.30. The van der Waals surface area contributed by atoms with Gasteiger partial charge in [-0.05, 0) is 48.0 Å². The van der Waals surface area contributed by atoms with Gasteiger partial charge in [0.1, 0.15) is 5.75 Å². The van der Waals surface area contributed by atoms with E-state index < -0.39 is 11.8 Å². The zero-order chi connectivity index (χ0) is 20.4. The summed E-state index contributed by atoms with van der Waals surface area (Å²) in [5, 5.41) is 6.84. The lowest BCUT2D eigenvalue weighted by Crippen LogP contribution is -2.37. The van der Waals surface area contributed by atoms with Gasteiger partial charge in [0.2, 0.25) is 0 Å². The van der Waals surface area contributed by atoms with Crippen LogP contribution in [0.2, 0.25) is 5.02 Å². The molecule has 0 saturated carbocycles. The van der Waals surface area contributed by atoms with Crippen LogP contribution in [-0.4, -0.2) is 45.4 Å². The van der Waals surface area contributed by atoms with Gasteiger partial charge in [-0.2, -0.15) is 5.10 Å². The van der Waals surface area contributed by atoms with Gasteiger partial charge in [0.05, 0.1) is 27.0 Å². The number of methoxy groups -OCH3 is 2. The molecule has 0 heterocycles. The van der Waals surface area contributed by atoms with Crippen LogP contribution in [-0.2, 0) is 9.59 Å². The molecule has 0 unspecified atom stereocenters. The van der Waals surface area contributed by atoms with E-state index in [2.05, 4.69) is 15.8 Å². The van der Waals surface area contributed by atoms with Crippen molar-refractivity contribution in [1.29, 1.82) is 0 Å². The lowest BCUT2D eigenvalue weighted by molar-refractivity contribution is -0.127. The van der Waals surface area contributed by atoms with Crippen molar-refractivity contribution in [2.45, 2.75) is 0 Å². The summed E-state index contributed by atoms with van der Waals surface area (Å²) < 4.78 is 15.6. The fourth-order valence-electron chi connectivity index (χ4n) is 2.06. The maximum absolute atomic E-state index is 11.7. The van der Waals surface area contributed by atoms with Crippen molar-refractivity contribution in [3.63, 3.8) is 0 Å². The molecule has 2 aromatic carbocycles. The first-order chi connectivity index (χ1) is 13.5. The topological polar surface area (TPSA) is 98.2 Å². The summed E-state index contributed by atoms with van der Waals surface area (Å²) in [6, 6.07) is 11.8. The monoisotopic (exact) mass is 405 g/mol. The Morgan fingerprint density at radius 1 is 1.04 bits per heavy atom. The molecule has 9 heteroatoms. The number of nitrogens with one attached hydrogen (secondary N) is 2. The molecule has 0 aliphatic carbocycles. The van der Waals surface area contributed by atoms with Crippen molar-refractivity contribution in [1.82, 2.24) is 10.7 Å². The molecular formula is C19H20ClN3O5. The molecule has 0 atom stereocenters. The molecule has 2 rings (SSSR count). The number of carbonyl (C=O) groups is 2. The van der Waals surface area contributed by atoms with Crippen LogP contribution < -0.4 is 25.0 Å². The Kier molecular flexibility index (Phi) is 8.11. The van der Waals surface area contributed by atoms with Crippen molar-refractivity contribution >= 4 is 29.6 Å². The van der Waals surface area contributed by atoms with Gasteiger partial charge in [-0.3, -0.25) is 9.59 Å². The van der Waals surface area contributed by atoms with E-state index in [1.165, 1.54) is 13.3 Å². The molecule has 2 N–H and O–H groups in total. The van der Waals surface area contributed by atoms with Gasteiger partial charge in [-0.1, -0.05) is 11.6 Å². The van der Waals surface area contributed by atoms with Crippen LogP contribution in [0.15, 0.2) is 47.6 Å².